The first-order chi connectivity index (χ1) is 10.7. The number of aliphatic hydroxyl groups is 1. The fourth-order valence-electron chi connectivity index (χ4n) is 1.55. The molecule has 132 valence electrons. The highest BCUT2D eigenvalue weighted by atomic mass is 32.2. The third-order valence-corrected chi connectivity index (χ3v) is 3.44. The Morgan fingerprint density at radius 1 is 1.13 bits per heavy atom. The van der Waals surface area contributed by atoms with Crippen LogP contribution in [-0.4, -0.2) is 70.6 Å². The number of amides is 3. The molecular formula is C12H22N4O6S. The molecule has 0 heterocycles. The van der Waals surface area contributed by atoms with E-state index < -0.39 is 48.4 Å². The van der Waals surface area contributed by atoms with Gasteiger partial charge in [-0.2, -0.15) is 11.8 Å². The Bertz CT molecular complexity index is 447. The van der Waals surface area contributed by atoms with Crippen molar-refractivity contribution in [3.63, 3.8) is 0 Å². The maximum absolute atomic E-state index is 12.1. The lowest BCUT2D eigenvalue weighted by molar-refractivity contribution is -0.143. The highest BCUT2D eigenvalue weighted by molar-refractivity contribution is 7.98. The van der Waals surface area contributed by atoms with Gasteiger partial charge in [0, 0.05) is 0 Å². The minimum absolute atomic E-state index is 0.222. The normalized spacial score (nSPS) is 14.4. The number of hydrogen-bond donors (Lipinski definition) is 6. The van der Waals surface area contributed by atoms with E-state index in [1.807, 2.05) is 0 Å². The minimum atomic E-state index is -1.48. The summed E-state index contributed by atoms with van der Waals surface area (Å²) in [6.45, 7) is -0.786. The Kier molecular flexibility index (Phi) is 9.94. The molecule has 0 aromatic carbocycles. The second-order valence-corrected chi connectivity index (χ2v) is 5.69. The number of carboxylic acid groups (broad SMARTS) is 1. The van der Waals surface area contributed by atoms with Gasteiger partial charge in [0.1, 0.15) is 12.1 Å². The van der Waals surface area contributed by atoms with Gasteiger partial charge in [-0.3, -0.25) is 14.4 Å². The van der Waals surface area contributed by atoms with Crippen LogP contribution in [0.15, 0.2) is 0 Å². The molecule has 0 radical (unpaired) electrons. The monoisotopic (exact) mass is 350 g/mol. The van der Waals surface area contributed by atoms with Crippen molar-refractivity contribution in [1.29, 1.82) is 0 Å². The van der Waals surface area contributed by atoms with Crippen molar-refractivity contribution in [3.8, 4) is 0 Å². The van der Waals surface area contributed by atoms with Crippen LogP contribution in [0.3, 0.4) is 0 Å². The summed E-state index contributed by atoms with van der Waals surface area (Å²) in [6, 6.07) is -3.72. The van der Waals surface area contributed by atoms with Gasteiger partial charge in [-0.1, -0.05) is 0 Å². The zero-order valence-corrected chi connectivity index (χ0v) is 13.5. The molecule has 0 rings (SSSR count). The molecule has 0 saturated heterocycles. The summed E-state index contributed by atoms with van der Waals surface area (Å²) in [5.74, 6) is -3.16. The number of nitrogens with one attached hydrogen (secondary N) is 2. The Morgan fingerprint density at radius 2 is 1.70 bits per heavy atom. The molecule has 0 fully saturated rings. The molecule has 11 heteroatoms. The van der Waals surface area contributed by atoms with E-state index in [9.17, 15) is 19.2 Å². The number of carbonyl (C=O) groups excluding carboxylic acids is 3. The summed E-state index contributed by atoms with van der Waals surface area (Å²) in [7, 11) is 0. The lowest BCUT2D eigenvalue weighted by Crippen LogP contribution is -2.55. The SMILES string of the molecule is CSCC[C@H](NC(=O)[C@@H](N)CC(N)=O)C(=O)N[C@@H](CO)C(=O)O. The average molecular weight is 350 g/mol. The van der Waals surface area contributed by atoms with Crippen molar-refractivity contribution < 1.29 is 29.4 Å². The number of carbonyl (C=O) groups is 4. The summed E-state index contributed by atoms with van der Waals surface area (Å²) in [6.07, 6.45) is 1.64. The molecule has 0 spiro atoms. The van der Waals surface area contributed by atoms with Gasteiger partial charge in [0.25, 0.3) is 0 Å². The highest BCUT2D eigenvalue weighted by Gasteiger charge is 2.27. The first-order valence-corrected chi connectivity index (χ1v) is 8.09. The summed E-state index contributed by atoms with van der Waals surface area (Å²) in [5, 5.41) is 22.2. The van der Waals surface area contributed by atoms with Crippen molar-refractivity contribution in [2.45, 2.75) is 31.0 Å². The van der Waals surface area contributed by atoms with Crippen LogP contribution >= 0.6 is 11.8 Å². The summed E-state index contributed by atoms with van der Waals surface area (Å²) >= 11 is 1.42. The largest absolute Gasteiger partial charge is 0.480 e. The zero-order valence-electron chi connectivity index (χ0n) is 12.7. The quantitative estimate of drug-likeness (QED) is 0.227. The van der Waals surface area contributed by atoms with Crippen LogP contribution in [0.1, 0.15) is 12.8 Å². The molecule has 0 bridgehead atoms. The van der Waals surface area contributed by atoms with Gasteiger partial charge in [-0.25, -0.2) is 4.79 Å². The molecule has 0 aromatic heterocycles. The maximum atomic E-state index is 12.1. The number of aliphatic hydroxyl groups excluding tert-OH is 1. The molecule has 0 unspecified atom stereocenters. The van der Waals surface area contributed by atoms with Crippen molar-refractivity contribution in [1.82, 2.24) is 10.6 Å². The highest BCUT2D eigenvalue weighted by Crippen LogP contribution is 2.03. The van der Waals surface area contributed by atoms with Gasteiger partial charge in [-0.05, 0) is 18.4 Å². The van der Waals surface area contributed by atoms with Crippen molar-refractivity contribution >= 4 is 35.5 Å². The van der Waals surface area contributed by atoms with Crippen molar-refractivity contribution in [2.75, 3.05) is 18.6 Å². The average Bonchev–Trinajstić information content (AvgIpc) is 2.47. The molecule has 0 aromatic rings. The van der Waals surface area contributed by atoms with Crippen molar-refractivity contribution in [3.05, 3.63) is 0 Å². The van der Waals surface area contributed by atoms with Gasteiger partial charge >= 0.3 is 5.97 Å². The molecule has 0 saturated carbocycles. The van der Waals surface area contributed by atoms with Crippen molar-refractivity contribution in [2.24, 2.45) is 11.5 Å². The zero-order chi connectivity index (χ0) is 18.0. The third kappa shape index (κ3) is 8.38. The molecular weight excluding hydrogens is 328 g/mol. The lowest BCUT2D eigenvalue weighted by atomic mass is 10.1. The van der Waals surface area contributed by atoms with Gasteiger partial charge < -0.3 is 32.3 Å². The first-order valence-electron chi connectivity index (χ1n) is 6.70. The molecule has 10 nitrogen and oxygen atoms in total. The van der Waals surface area contributed by atoms with Crippen LogP contribution in [-0.2, 0) is 19.2 Å². The Hall–Kier alpha value is -1.85. The van der Waals surface area contributed by atoms with E-state index in [0.717, 1.165) is 0 Å². The number of carboxylic acids is 1. The van der Waals surface area contributed by atoms with Crippen LogP contribution in [0.25, 0.3) is 0 Å². The number of rotatable bonds is 11. The number of nitrogens with two attached hydrogens (primary N) is 2. The number of thioether (sulfide) groups is 1. The van der Waals surface area contributed by atoms with Crippen LogP contribution in [0.4, 0.5) is 0 Å². The molecule has 3 atom stereocenters. The molecule has 0 aliphatic heterocycles. The smallest absolute Gasteiger partial charge is 0.328 e. The van der Waals surface area contributed by atoms with Gasteiger partial charge in [0.05, 0.1) is 19.1 Å². The van der Waals surface area contributed by atoms with Crippen LogP contribution in [0, 0.1) is 0 Å². The van der Waals surface area contributed by atoms with Gasteiger partial charge in [-0.15, -0.1) is 0 Å². The van der Waals surface area contributed by atoms with E-state index >= 15 is 0 Å². The van der Waals surface area contributed by atoms with Crippen LogP contribution < -0.4 is 22.1 Å². The molecule has 23 heavy (non-hydrogen) atoms. The minimum Gasteiger partial charge on any atom is -0.480 e. The van der Waals surface area contributed by atoms with E-state index in [2.05, 4.69) is 10.6 Å². The van der Waals surface area contributed by atoms with Gasteiger partial charge in [0.2, 0.25) is 17.7 Å². The molecule has 3 amide bonds. The Balaban J connectivity index is 4.85. The third-order valence-electron chi connectivity index (χ3n) is 2.80. The topological polar surface area (TPSA) is 185 Å². The van der Waals surface area contributed by atoms with Crippen LogP contribution in [0.2, 0.25) is 0 Å². The predicted octanol–water partition coefficient (Wildman–Crippen LogP) is -3.01. The fraction of sp³-hybridized carbons (Fsp3) is 0.667. The maximum Gasteiger partial charge on any atom is 0.328 e. The standard InChI is InChI=1S/C12H22N4O6S/c1-23-3-2-7(11(20)16-8(5-17)12(21)22)15-10(19)6(13)4-9(14)18/h6-8,17H,2-5,13H2,1H3,(H2,14,18)(H,15,19)(H,16,20)(H,21,22)/t6-,7-,8-/m0/s1. The molecule has 0 aliphatic rings. The lowest BCUT2D eigenvalue weighted by Gasteiger charge is -2.21. The molecule has 0 aliphatic carbocycles. The van der Waals surface area contributed by atoms with Crippen LogP contribution in [0.5, 0.6) is 0 Å². The van der Waals surface area contributed by atoms with E-state index in [-0.39, 0.29) is 12.8 Å². The summed E-state index contributed by atoms with van der Waals surface area (Å²) in [4.78, 5) is 45.5. The number of aliphatic carboxylic acids is 1. The van der Waals surface area contributed by atoms with E-state index in [1.54, 1.807) is 6.26 Å². The summed E-state index contributed by atoms with van der Waals surface area (Å²) in [5.41, 5.74) is 10.4. The summed E-state index contributed by atoms with van der Waals surface area (Å²) < 4.78 is 0. The first kappa shape index (κ1) is 21.1. The fourth-order valence-corrected chi connectivity index (χ4v) is 2.02. The second-order valence-electron chi connectivity index (χ2n) is 4.70. The van der Waals surface area contributed by atoms with E-state index in [4.69, 9.17) is 21.7 Å². The Labute approximate surface area is 137 Å². The number of hydrogen-bond acceptors (Lipinski definition) is 7. The number of primary amides is 1. The van der Waals surface area contributed by atoms with E-state index in [1.165, 1.54) is 11.8 Å². The molecule has 8 N–H and O–H groups in total. The second kappa shape index (κ2) is 10.8. The Morgan fingerprint density at radius 3 is 2.13 bits per heavy atom. The van der Waals surface area contributed by atoms with Gasteiger partial charge in [0.15, 0.2) is 0 Å². The predicted molar refractivity (Wildman–Crippen MR) is 83.4 cm³/mol. The van der Waals surface area contributed by atoms with E-state index in [0.29, 0.717) is 5.75 Å².